The van der Waals surface area contributed by atoms with E-state index in [0.717, 1.165) is 15.6 Å². The van der Waals surface area contributed by atoms with Gasteiger partial charge < -0.3 is 9.30 Å². The van der Waals surface area contributed by atoms with Gasteiger partial charge in [0.05, 0.1) is 12.1 Å². The largest absolute Gasteiger partial charge is 0.462 e. The number of rotatable bonds is 4. The Morgan fingerprint density at radius 1 is 1.20 bits per heavy atom. The predicted molar refractivity (Wildman–Crippen MR) is 102 cm³/mol. The van der Waals surface area contributed by atoms with E-state index in [1.165, 1.54) is 0 Å². The topological polar surface area (TPSA) is 48.3 Å². The molecular weight excluding hydrogens is 406 g/mol. The van der Waals surface area contributed by atoms with Crippen LogP contribution < -0.4 is 5.43 Å². The molecule has 25 heavy (non-hydrogen) atoms. The van der Waals surface area contributed by atoms with Gasteiger partial charge >= 0.3 is 5.97 Å². The Bertz CT molecular complexity index is 996. The summed E-state index contributed by atoms with van der Waals surface area (Å²) in [5.41, 5.74) is 1.45. The molecule has 1 aromatic heterocycles. The molecule has 2 aromatic carbocycles. The zero-order chi connectivity index (χ0) is 18.0. The molecule has 0 radical (unpaired) electrons. The first-order valence-corrected chi connectivity index (χ1v) is 8.91. The van der Waals surface area contributed by atoms with E-state index in [1.807, 2.05) is 41.0 Å². The van der Waals surface area contributed by atoms with Crippen molar-refractivity contribution in [3.63, 3.8) is 0 Å². The molecule has 0 atom stereocenters. The lowest BCUT2D eigenvalue weighted by molar-refractivity contribution is 0.0524. The summed E-state index contributed by atoms with van der Waals surface area (Å²) in [6, 6.07) is 12.9. The second-order valence-corrected chi connectivity index (χ2v) is 6.86. The normalized spacial score (nSPS) is 10.8. The maximum Gasteiger partial charge on any atom is 0.343 e. The number of pyridine rings is 1. The maximum atomic E-state index is 12.7. The number of nitrogens with zero attached hydrogens (tertiary/aromatic N) is 1. The van der Waals surface area contributed by atoms with Crippen LogP contribution in [-0.4, -0.2) is 17.1 Å². The molecule has 0 unspecified atom stereocenters. The maximum absolute atomic E-state index is 12.7. The van der Waals surface area contributed by atoms with Crippen molar-refractivity contribution in [2.24, 2.45) is 0 Å². The summed E-state index contributed by atoms with van der Waals surface area (Å²) in [6.07, 6.45) is 1.56. The fraction of sp³-hybridized carbons (Fsp3) is 0.158. The number of aromatic nitrogens is 1. The van der Waals surface area contributed by atoms with Gasteiger partial charge in [0.2, 0.25) is 5.43 Å². The van der Waals surface area contributed by atoms with Gasteiger partial charge in [0, 0.05) is 27.6 Å². The first-order chi connectivity index (χ1) is 12.0. The standard InChI is InChI=1S/C19H15BrClNO3/c1-2-25-19(24)16-11-22(10-12-3-6-14(21)7-4-12)17-8-5-13(20)9-15(17)18(16)23/h3-9,11H,2,10H2,1H3. The predicted octanol–water partition coefficient (Wildman–Crippen LogP) is 4.64. The Morgan fingerprint density at radius 3 is 2.60 bits per heavy atom. The highest BCUT2D eigenvalue weighted by Crippen LogP contribution is 2.20. The van der Waals surface area contributed by atoms with Crippen LogP contribution >= 0.6 is 27.5 Å². The minimum atomic E-state index is -0.612. The third kappa shape index (κ3) is 3.78. The number of esters is 1. The van der Waals surface area contributed by atoms with Gasteiger partial charge in [-0.05, 0) is 42.8 Å². The average molecular weight is 421 g/mol. The monoisotopic (exact) mass is 419 g/mol. The molecule has 0 amide bonds. The molecule has 1 heterocycles. The minimum absolute atomic E-state index is 0.0291. The van der Waals surface area contributed by atoms with Crippen LogP contribution in [0, 0.1) is 0 Å². The molecule has 4 nitrogen and oxygen atoms in total. The molecule has 3 rings (SSSR count). The fourth-order valence-electron chi connectivity index (χ4n) is 2.64. The zero-order valence-electron chi connectivity index (χ0n) is 13.5. The molecule has 3 aromatic rings. The molecule has 0 aliphatic rings. The zero-order valence-corrected chi connectivity index (χ0v) is 15.8. The van der Waals surface area contributed by atoms with Crippen molar-refractivity contribution in [1.82, 2.24) is 4.57 Å². The summed E-state index contributed by atoms with van der Waals surface area (Å²) in [4.78, 5) is 24.9. The molecule has 0 saturated heterocycles. The lowest BCUT2D eigenvalue weighted by Gasteiger charge is -2.14. The molecule has 0 aliphatic heterocycles. The Hall–Kier alpha value is -2.11. The van der Waals surface area contributed by atoms with Gasteiger partial charge in [-0.3, -0.25) is 4.79 Å². The Kier molecular flexibility index (Phi) is 5.25. The van der Waals surface area contributed by atoms with E-state index in [0.29, 0.717) is 17.0 Å². The third-order valence-corrected chi connectivity index (χ3v) is 4.55. The van der Waals surface area contributed by atoms with E-state index < -0.39 is 5.97 Å². The summed E-state index contributed by atoms with van der Waals surface area (Å²) >= 11 is 9.31. The number of fused-ring (bicyclic) bond motifs is 1. The number of hydrogen-bond donors (Lipinski definition) is 0. The second-order valence-electron chi connectivity index (χ2n) is 5.51. The molecule has 0 spiro atoms. The van der Waals surface area contributed by atoms with Crippen LogP contribution in [0.25, 0.3) is 10.9 Å². The fourth-order valence-corrected chi connectivity index (χ4v) is 3.13. The summed E-state index contributed by atoms with van der Waals surface area (Å²) in [7, 11) is 0. The van der Waals surface area contributed by atoms with Gasteiger partial charge in [0.1, 0.15) is 5.56 Å². The summed E-state index contributed by atoms with van der Waals surface area (Å²) in [6.45, 7) is 2.43. The number of carbonyl (C=O) groups is 1. The Labute approximate surface area is 158 Å². The molecule has 0 aliphatic carbocycles. The lowest BCUT2D eigenvalue weighted by atomic mass is 10.1. The number of ether oxygens (including phenoxy) is 1. The van der Waals surface area contributed by atoms with Crippen LogP contribution in [0.15, 0.2) is 57.9 Å². The molecular formula is C19H15BrClNO3. The van der Waals surface area contributed by atoms with E-state index in [1.54, 1.807) is 19.2 Å². The molecule has 0 saturated carbocycles. The Balaban J connectivity index is 2.18. The van der Waals surface area contributed by atoms with Gasteiger partial charge in [-0.2, -0.15) is 0 Å². The van der Waals surface area contributed by atoms with Gasteiger partial charge in [0.15, 0.2) is 0 Å². The quantitative estimate of drug-likeness (QED) is 0.578. The number of halogens is 2. The van der Waals surface area contributed by atoms with E-state index in [-0.39, 0.29) is 17.6 Å². The van der Waals surface area contributed by atoms with Crippen LogP contribution in [0.2, 0.25) is 5.02 Å². The van der Waals surface area contributed by atoms with Crippen molar-refractivity contribution in [2.45, 2.75) is 13.5 Å². The van der Waals surface area contributed by atoms with Crippen molar-refractivity contribution in [3.05, 3.63) is 79.5 Å². The van der Waals surface area contributed by atoms with Crippen molar-refractivity contribution >= 4 is 44.4 Å². The summed E-state index contributed by atoms with van der Waals surface area (Å²) < 4.78 is 7.68. The van der Waals surface area contributed by atoms with Gasteiger partial charge in [-0.1, -0.05) is 39.7 Å². The van der Waals surface area contributed by atoms with Crippen LogP contribution in [0.4, 0.5) is 0 Å². The minimum Gasteiger partial charge on any atom is -0.462 e. The van der Waals surface area contributed by atoms with Crippen LogP contribution in [0.1, 0.15) is 22.8 Å². The van der Waals surface area contributed by atoms with E-state index in [4.69, 9.17) is 16.3 Å². The van der Waals surface area contributed by atoms with Gasteiger partial charge in [0.25, 0.3) is 0 Å². The van der Waals surface area contributed by atoms with Gasteiger partial charge in [-0.25, -0.2) is 4.79 Å². The van der Waals surface area contributed by atoms with E-state index in [9.17, 15) is 9.59 Å². The number of carbonyl (C=O) groups excluding carboxylic acids is 1. The summed E-state index contributed by atoms with van der Waals surface area (Å²) in [5, 5.41) is 1.12. The van der Waals surface area contributed by atoms with Crippen molar-refractivity contribution in [1.29, 1.82) is 0 Å². The molecule has 0 fully saturated rings. The van der Waals surface area contributed by atoms with Gasteiger partial charge in [-0.15, -0.1) is 0 Å². The van der Waals surface area contributed by atoms with E-state index >= 15 is 0 Å². The molecule has 128 valence electrons. The molecule has 0 N–H and O–H groups in total. The number of hydrogen-bond acceptors (Lipinski definition) is 3. The second kappa shape index (κ2) is 7.42. The van der Waals surface area contributed by atoms with Crippen molar-refractivity contribution in [3.8, 4) is 0 Å². The average Bonchev–Trinajstić information content (AvgIpc) is 2.59. The molecule has 6 heteroatoms. The smallest absolute Gasteiger partial charge is 0.343 e. The summed E-state index contributed by atoms with van der Waals surface area (Å²) in [5.74, 6) is -0.612. The van der Waals surface area contributed by atoms with Crippen LogP contribution in [-0.2, 0) is 11.3 Å². The number of benzene rings is 2. The van der Waals surface area contributed by atoms with Crippen molar-refractivity contribution in [2.75, 3.05) is 6.61 Å². The first-order valence-electron chi connectivity index (χ1n) is 7.74. The van der Waals surface area contributed by atoms with Crippen LogP contribution in [0.5, 0.6) is 0 Å². The molecule has 0 bridgehead atoms. The van der Waals surface area contributed by atoms with Crippen molar-refractivity contribution < 1.29 is 9.53 Å². The Morgan fingerprint density at radius 2 is 1.92 bits per heavy atom. The highest BCUT2D eigenvalue weighted by molar-refractivity contribution is 9.10. The first kappa shape index (κ1) is 17.7. The van der Waals surface area contributed by atoms with E-state index in [2.05, 4.69) is 15.9 Å². The third-order valence-electron chi connectivity index (χ3n) is 3.80. The van der Waals surface area contributed by atoms with Crippen LogP contribution in [0.3, 0.4) is 0 Å². The SMILES string of the molecule is CCOC(=O)c1cn(Cc2ccc(Cl)cc2)c2ccc(Br)cc2c1=O. The highest BCUT2D eigenvalue weighted by Gasteiger charge is 2.17. The highest BCUT2D eigenvalue weighted by atomic mass is 79.9. The lowest BCUT2D eigenvalue weighted by Crippen LogP contribution is -2.21.